The Labute approximate surface area is 175 Å². The van der Waals surface area contributed by atoms with Gasteiger partial charge in [-0.15, -0.1) is 0 Å². The Balaban J connectivity index is 1.72. The molecule has 1 fully saturated rings. The van der Waals surface area contributed by atoms with Crippen molar-refractivity contribution in [3.05, 3.63) is 58.1 Å². The van der Waals surface area contributed by atoms with Crippen molar-refractivity contribution in [2.45, 2.75) is 50.3 Å². The maximum atomic E-state index is 10.6. The molecule has 7 heteroatoms. The zero-order valence-electron chi connectivity index (χ0n) is 17.1. The molecular formula is C23H28O7. The molecule has 162 valence electrons. The molecule has 0 unspecified atom stereocenters. The van der Waals surface area contributed by atoms with Crippen LogP contribution in [0.25, 0.3) is 0 Å². The van der Waals surface area contributed by atoms with Crippen LogP contribution in [0.1, 0.15) is 33.9 Å². The van der Waals surface area contributed by atoms with E-state index >= 15 is 0 Å². The van der Waals surface area contributed by atoms with Crippen LogP contribution in [0.5, 0.6) is 11.5 Å². The Morgan fingerprint density at radius 3 is 2.47 bits per heavy atom. The molecule has 4 rings (SSSR count). The molecule has 2 aromatic carbocycles. The predicted molar refractivity (Wildman–Crippen MR) is 109 cm³/mol. The normalized spacial score (nSPS) is 28.1. The molecule has 0 aromatic heterocycles. The van der Waals surface area contributed by atoms with Crippen LogP contribution < -0.4 is 9.47 Å². The highest BCUT2D eigenvalue weighted by atomic mass is 16.5. The fourth-order valence-corrected chi connectivity index (χ4v) is 4.38. The smallest absolute Gasteiger partial charge is 0.126 e. The summed E-state index contributed by atoms with van der Waals surface area (Å²) in [7, 11) is 1.63. The lowest BCUT2D eigenvalue weighted by Gasteiger charge is -2.41. The Morgan fingerprint density at radius 1 is 1.07 bits per heavy atom. The van der Waals surface area contributed by atoms with E-state index < -0.39 is 37.1 Å². The second-order valence-electron chi connectivity index (χ2n) is 7.93. The summed E-state index contributed by atoms with van der Waals surface area (Å²) in [5.41, 5.74) is 4.78. The van der Waals surface area contributed by atoms with Crippen LogP contribution in [0.4, 0.5) is 0 Å². The topological polar surface area (TPSA) is 109 Å². The first-order valence-corrected chi connectivity index (χ1v) is 10.2. The summed E-state index contributed by atoms with van der Waals surface area (Å²) in [4.78, 5) is 0. The Morgan fingerprint density at radius 2 is 1.80 bits per heavy atom. The van der Waals surface area contributed by atoms with Gasteiger partial charge in [0.15, 0.2) is 0 Å². The van der Waals surface area contributed by atoms with Crippen LogP contribution >= 0.6 is 0 Å². The Hall–Kier alpha value is -2.16. The lowest BCUT2D eigenvalue weighted by atomic mass is 9.85. The highest BCUT2D eigenvalue weighted by Gasteiger charge is 2.45. The average molecular weight is 416 g/mol. The number of fused-ring (bicyclic) bond motifs is 1. The third-order valence-electron chi connectivity index (χ3n) is 6.13. The molecule has 2 aliphatic rings. The van der Waals surface area contributed by atoms with E-state index in [1.807, 2.05) is 37.3 Å². The second-order valence-corrected chi connectivity index (χ2v) is 7.93. The molecule has 7 nitrogen and oxygen atoms in total. The molecule has 0 bridgehead atoms. The molecule has 2 heterocycles. The summed E-state index contributed by atoms with van der Waals surface area (Å²) in [6.45, 7) is 2.08. The molecule has 4 N–H and O–H groups in total. The van der Waals surface area contributed by atoms with E-state index in [1.54, 1.807) is 7.11 Å². The number of ether oxygens (including phenoxy) is 3. The van der Waals surface area contributed by atoms with Crippen LogP contribution in [0.3, 0.4) is 0 Å². The molecule has 0 spiro atoms. The van der Waals surface area contributed by atoms with Gasteiger partial charge in [0.2, 0.25) is 0 Å². The van der Waals surface area contributed by atoms with Crippen molar-refractivity contribution in [3.8, 4) is 11.5 Å². The Bertz CT molecular complexity index is 893. The number of hydrogen-bond acceptors (Lipinski definition) is 7. The fraction of sp³-hybridized carbons (Fsp3) is 0.478. The molecule has 0 aliphatic carbocycles. The molecule has 2 aromatic rings. The van der Waals surface area contributed by atoms with Gasteiger partial charge in [0.25, 0.3) is 0 Å². The minimum Gasteiger partial charge on any atom is -0.497 e. The number of aliphatic hydroxyl groups excluding tert-OH is 4. The number of hydrogen-bond donors (Lipinski definition) is 4. The minimum atomic E-state index is -1.41. The van der Waals surface area contributed by atoms with Crippen molar-refractivity contribution in [1.29, 1.82) is 0 Å². The van der Waals surface area contributed by atoms with Crippen LogP contribution in [0.2, 0.25) is 0 Å². The van der Waals surface area contributed by atoms with E-state index in [4.69, 9.17) is 14.2 Å². The maximum Gasteiger partial charge on any atom is 0.126 e. The zero-order chi connectivity index (χ0) is 21.4. The van der Waals surface area contributed by atoms with Crippen molar-refractivity contribution in [1.82, 2.24) is 0 Å². The van der Waals surface area contributed by atoms with Crippen LogP contribution in [0.15, 0.2) is 30.3 Å². The second kappa shape index (κ2) is 8.53. The number of rotatable bonds is 5. The molecule has 2 aliphatic heterocycles. The van der Waals surface area contributed by atoms with Crippen molar-refractivity contribution in [2.24, 2.45) is 0 Å². The molecule has 0 saturated carbocycles. The van der Waals surface area contributed by atoms with Gasteiger partial charge in [-0.05, 0) is 47.4 Å². The summed E-state index contributed by atoms with van der Waals surface area (Å²) < 4.78 is 17.0. The van der Waals surface area contributed by atoms with E-state index in [0.717, 1.165) is 45.7 Å². The van der Waals surface area contributed by atoms with E-state index in [9.17, 15) is 20.4 Å². The van der Waals surface area contributed by atoms with Gasteiger partial charge in [-0.1, -0.05) is 12.1 Å². The van der Waals surface area contributed by atoms with E-state index in [1.165, 1.54) is 0 Å². The zero-order valence-corrected chi connectivity index (χ0v) is 17.1. The molecule has 0 amide bonds. The van der Waals surface area contributed by atoms with Crippen LogP contribution in [0, 0.1) is 6.92 Å². The fourth-order valence-electron chi connectivity index (χ4n) is 4.38. The first kappa shape index (κ1) is 21.1. The van der Waals surface area contributed by atoms with Crippen molar-refractivity contribution < 1.29 is 34.6 Å². The van der Waals surface area contributed by atoms with Gasteiger partial charge in [-0.3, -0.25) is 0 Å². The predicted octanol–water partition coefficient (Wildman–Crippen LogP) is 1.04. The number of methoxy groups -OCH3 is 1. The summed E-state index contributed by atoms with van der Waals surface area (Å²) >= 11 is 0. The van der Waals surface area contributed by atoms with Gasteiger partial charge in [-0.2, -0.15) is 0 Å². The van der Waals surface area contributed by atoms with Crippen molar-refractivity contribution >= 4 is 0 Å². The first-order valence-electron chi connectivity index (χ1n) is 10.2. The monoisotopic (exact) mass is 416 g/mol. The van der Waals surface area contributed by atoms with Crippen molar-refractivity contribution in [3.63, 3.8) is 0 Å². The number of aliphatic hydroxyl groups is 4. The van der Waals surface area contributed by atoms with Crippen LogP contribution in [-0.2, 0) is 17.6 Å². The third-order valence-corrected chi connectivity index (χ3v) is 6.13. The van der Waals surface area contributed by atoms with E-state index in [0.29, 0.717) is 13.0 Å². The van der Waals surface area contributed by atoms with Gasteiger partial charge >= 0.3 is 0 Å². The van der Waals surface area contributed by atoms with E-state index in [2.05, 4.69) is 0 Å². The lowest BCUT2D eigenvalue weighted by molar-refractivity contribution is -0.231. The molecule has 5 atom stereocenters. The molecule has 30 heavy (non-hydrogen) atoms. The lowest BCUT2D eigenvalue weighted by Crippen LogP contribution is -2.55. The SMILES string of the molecule is COc1ccc(Cc2cc([C@@H]3O[C@H](CO)[C@H](O)[C@H](O)[C@@H]3O)c(C)c3c2OCC3)cc1. The van der Waals surface area contributed by atoms with Crippen LogP contribution in [-0.4, -0.2) is 65.2 Å². The summed E-state index contributed by atoms with van der Waals surface area (Å²) in [6, 6.07) is 9.74. The Kier molecular flexibility index (Phi) is 5.99. The number of benzene rings is 2. The van der Waals surface area contributed by atoms with Crippen molar-refractivity contribution in [2.75, 3.05) is 20.3 Å². The van der Waals surface area contributed by atoms with Gasteiger partial charge in [0.1, 0.15) is 42.0 Å². The van der Waals surface area contributed by atoms with Gasteiger partial charge in [0, 0.05) is 18.4 Å². The van der Waals surface area contributed by atoms with E-state index in [-0.39, 0.29) is 0 Å². The standard InChI is InChI=1S/C23H28O7/c1-12-16-7-8-29-22(16)14(9-13-3-5-15(28-2)6-4-13)10-17(12)23-21(27)20(26)19(25)18(11-24)30-23/h3-6,10,18-21,23-27H,7-9,11H2,1-2H3/t18-,19+,20+,21+,23+/m1/s1. The average Bonchev–Trinajstić information content (AvgIpc) is 3.26. The summed E-state index contributed by atoms with van der Waals surface area (Å²) in [5.74, 6) is 1.64. The molecule has 1 saturated heterocycles. The highest BCUT2D eigenvalue weighted by Crippen LogP contribution is 2.41. The van der Waals surface area contributed by atoms with Gasteiger partial charge < -0.3 is 34.6 Å². The third kappa shape index (κ3) is 3.68. The quantitative estimate of drug-likeness (QED) is 0.577. The largest absolute Gasteiger partial charge is 0.497 e. The summed E-state index contributed by atoms with van der Waals surface area (Å²) in [6.07, 6.45) is -4.52. The van der Waals surface area contributed by atoms with Gasteiger partial charge in [-0.25, -0.2) is 0 Å². The highest BCUT2D eigenvalue weighted by molar-refractivity contribution is 5.54. The molecular weight excluding hydrogens is 388 g/mol. The summed E-state index contributed by atoms with van der Waals surface area (Å²) in [5, 5.41) is 40.5. The first-order chi connectivity index (χ1) is 14.4. The maximum absolute atomic E-state index is 10.6. The molecule has 0 radical (unpaired) electrons. The van der Waals surface area contributed by atoms with Gasteiger partial charge in [0.05, 0.1) is 20.3 Å². The minimum absolute atomic E-state index is 0.451.